The number of imidazole rings is 1. The molecule has 13 nitrogen and oxygen atoms in total. The van der Waals surface area contributed by atoms with Crippen molar-refractivity contribution in [2.75, 3.05) is 12.1 Å². The Bertz CT molecular complexity index is 1360. The Balaban J connectivity index is 1.66. The Hall–Kier alpha value is -3.77. The molecule has 0 amide bonds. The van der Waals surface area contributed by atoms with Crippen LogP contribution in [0, 0.1) is 12.3 Å². The topological polar surface area (TPSA) is 196 Å². The van der Waals surface area contributed by atoms with Crippen molar-refractivity contribution in [2.45, 2.75) is 36.1 Å². The van der Waals surface area contributed by atoms with Gasteiger partial charge in [-0.25, -0.2) is 19.6 Å². The van der Waals surface area contributed by atoms with Gasteiger partial charge in [0.1, 0.15) is 22.9 Å². The Morgan fingerprint density at radius 1 is 1.30 bits per heavy atom. The van der Waals surface area contributed by atoms with Crippen LogP contribution in [0.15, 0.2) is 42.7 Å². The third-order valence-electron chi connectivity index (χ3n) is 6.11. The van der Waals surface area contributed by atoms with Crippen molar-refractivity contribution >= 4 is 40.4 Å². The van der Waals surface area contributed by atoms with Crippen LogP contribution in [0.5, 0.6) is 0 Å². The molecular formula is C23H21ClN4O9. The second kappa shape index (κ2) is 9.94. The number of benzene rings is 1. The molecule has 0 bridgehead atoms. The lowest BCUT2D eigenvalue weighted by atomic mass is 9.92. The number of pyridine rings is 1. The van der Waals surface area contributed by atoms with Gasteiger partial charge in [0, 0.05) is 12.5 Å². The normalized spacial score (nSPS) is 23.6. The summed E-state index contributed by atoms with van der Waals surface area (Å²) in [5, 5.41) is 50.9. The van der Waals surface area contributed by atoms with Crippen LogP contribution in [0.1, 0.15) is 11.8 Å². The van der Waals surface area contributed by atoms with Crippen molar-refractivity contribution in [1.82, 2.24) is 14.5 Å². The molecular weight excluding hydrogens is 512 g/mol. The zero-order valence-electron chi connectivity index (χ0n) is 18.9. The summed E-state index contributed by atoms with van der Waals surface area (Å²) in [6.07, 6.45) is 1.34. The predicted molar refractivity (Wildman–Crippen MR) is 126 cm³/mol. The smallest absolute Gasteiger partial charge is 0.348 e. The Morgan fingerprint density at radius 2 is 1.97 bits per heavy atom. The summed E-state index contributed by atoms with van der Waals surface area (Å²) in [6.45, 7) is -0.816. The molecule has 3 heterocycles. The molecule has 0 saturated carbocycles. The molecule has 4 rings (SSSR count). The summed E-state index contributed by atoms with van der Waals surface area (Å²) in [4.78, 5) is 32.4. The molecule has 1 aromatic carbocycles. The second-order valence-corrected chi connectivity index (χ2v) is 8.66. The van der Waals surface area contributed by atoms with E-state index in [9.17, 15) is 35.2 Å². The number of carboxylic acids is 2. The molecule has 1 aliphatic rings. The van der Waals surface area contributed by atoms with Crippen LogP contribution in [-0.4, -0.2) is 82.1 Å². The molecule has 1 saturated heterocycles. The number of nitrogens with zero attached hydrogens (tertiary/aromatic N) is 3. The van der Waals surface area contributed by atoms with Crippen molar-refractivity contribution in [2.24, 2.45) is 0 Å². The number of aliphatic hydroxyl groups excluding tert-OH is 1. The molecule has 0 radical (unpaired) electrons. The number of terminal acetylenes is 1. The summed E-state index contributed by atoms with van der Waals surface area (Å²) in [5.41, 5.74) is -2.59. The lowest BCUT2D eigenvalue weighted by Gasteiger charge is -2.30. The number of rotatable bonds is 9. The van der Waals surface area contributed by atoms with Gasteiger partial charge in [0.15, 0.2) is 17.5 Å². The average molecular weight is 533 g/mol. The highest BCUT2D eigenvalue weighted by Gasteiger charge is 2.57. The van der Waals surface area contributed by atoms with Crippen molar-refractivity contribution < 1.29 is 44.7 Å². The van der Waals surface area contributed by atoms with Gasteiger partial charge in [-0.05, 0) is 5.56 Å². The quantitative estimate of drug-likeness (QED) is 0.0976. The first-order valence-corrected chi connectivity index (χ1v) is 11.1. The molecule has 6 N–H and O–H groups in total. The van der Waals surface area contributed by atoms with Gasteiger partial charge in [0.2, 0.25) is 0 Å². The predicted octanol–water partition coefficient (Wildman–Crippen LogP) is 0.676. The van der Waals surface area contributed by atoms with E-state index in [0.29, 0.717) is 5.56 Å². The minimum atomic E-state index is -2.75. The number of ether oxygens (including phenoxy) is 2. The van der Waals surface area contributed by atoms with Crippen LogP contribution in [0.25, 0.3) is 11.2 Å². The Labute approximate surface area is 213 Å². The minimum Gasteiger partial charge on any atom is -0.479 e. The number of aliphatic hydroxyl groups is 2. The van der Waals surface area contributed by atoms with E-state index >= 15 is 0 Å². The van der Waals surface area contributed by atoms with Crippen LogP contribution >= 0.6 is 11.6 Å². The van der Waals surface area contributed by atoms with Crippen molar-refractivity contribution in [3.63, 3.8) is 0 Å². The third kappa shape index (κ3) is 4.46. The second-order valence-electron chi connectivity index (χ2n) is 8.27. The van der Waals surface area contributed by atoms with Crippen LogP contribution in [-0.2, 0) is 25.5 Å². The number of halogens is 1. The van der Waals surface area contributed by atoms with Crippen molar-refractivity contribution in [3.05, 3.63) is 53.4 Å². The van der Waals surface area contributed by atoms with Crippen LogP contribution in [0.3, 0.4) is 0 Å². The highest BCUT2D eigenvalue weighted by molar-refractivity contribution is 6.30. The van der Waals surface area contributed by atoms with E-state index in [1.165, 1.54) is 29.1 Å². The number of anilines is 1. The minimum absolute atomic E-state index is 0.0426. The van der Waals surface area contributed by atoms with Gasteiger partial charge in [0.25, 0.3) is 5.60 Å². The summed E-state index contributed by atoms with van der Waals surface area (Å²) >= 11 is 5.99. The number of carboxylic acid groups (broad SMARTS) is 2. The SMILES string of the molecule is C#C[C@@]1(O)[C@@H](COC(Cc2ccccc2)(C(=O)O)C(=O)O)O[C@@H](n2cnc3c(NO)cc(Cl)nc32)[C@@H]1O. The first-order valence-electron chi connectivity index (χ1n) is 10.7. The maximum absolute atomic E-state index is 12.1. The largest absolute Gasteiger partial charge is 0.479 e. The summed E-state index contributed by atoms with van der Waals surface area (Å²) in [7, 11) is 0. The highest BCUT2D eigenvalue weighted by Crippen LogP contribution is 2.39. The molecule has 194 valence electrons. The molecule has 1 aliphatic heterocycles. The van der Waals surface area contributed by atoms with E-state index in [-0.39, 0.29) is 22.0 Å². The fraction of sp³-hybridized carbons (Fsp3) is 0.304. The van der Waals surface area contributed by atoms with Crippen LogP contribution in [0.2, 0.25) is 5.15 Å². The third-order valence-corrected chi connectivity index (χ3v) is 6.30. The molecule has 4 atom stereocenters. The maximum atomic E-state index is 12.1. The summed E-state index contributed by atoms with van der Waals surface area (Å²) in [5.74, 6) is -1.54. The number of carbonyl (C=O) groups is 2. The number of aromatic nitrogens is 3. The van der Waals surface area contributed by atoms with Crippen molar-refractivity contribution in [1.29, 1.82) is 0 Å². The molecule has 37 heavy (non-hydrogen) atoms. The summed E-state index contributed by atoms with van der Waals surface area (Å²) < 4.78 is 12.3. The maximum Gasteiger partial charge on any atom is 0.348 e. The lowest BCUT2D eigenvalue weighted by Crippen LogP contribution is -2.55. The number of fused-ring (bicyclic) bond motifs is 1. The van der Waals surface area contributed by atoms with E-state index in [4.69, 9.17) is 27.5 Å². The molecule has 0 unspecified atom stereocenters. The van der Waals surface area contributed by atoms with Crippen LogP contribution < -0.4 is 5.48 Å². The molecule has 1 fully saturated rings. The zero-order valence-corrected chi connectivity index (χ0v) is 19.6. The first-order chi connectivity index (χ1) is 17.6. The summed E-state index contributed by atoms with van der Waals surface area (Å²) in [6, 6.07) is 9.25. The van der Waals surface area contributed by atoms with Gasteiger partial charge >= 0.3 is 11.9 Å². The van der Waals surface area contributed by atoms with E-state index in [0.717, 1.165) is 0 Å². The highest BCUT2D eigenvalue weighted by atomic mass is 35.5. The molecule has 3 aromatic rings. The van der Waals surface area contributed by atoms with Gasteiger partial charge < -0.3 is 29.9 Å². The Kier molecular flexibility index (Phi) is 7.07. The monoisotopic (exact) mass is 532 g/mol. The van der Waals surface area contributed by atoms with Gasteiger partial charge in [-0.2, -0.15) is 0 Å². The van der Waals surface area contributed by atoms with E-state index in [1.807, 2.05) is 11.4 Å². The standard InChI is InChI=1S/C23H21ClN4O9/c1-2-22(34)14(10-36-23(20(30)31,21(32)33)9-12-6-4-3-5-7-12)37-19(17(22)29)28-11-25-16-13(27-35)8-15(24)26-18(16)28/h1,3-8,11,14,17,19,29,34-35H,9-10H2,(H,26,27)(H,30,31)(H,32,33)/t14-,17+,19-,22-/m1/s1. The van der Waals surface area contributed by atoms with Gasteiger partial charge in [-0.15, -0.1) is 6.42 Å². The van der Waals surface area contributed by atoms with Gasteiger partial charge in [0.05, 0.1) is 18.6 Å². The fourth-order valence-corrected chi connectivity index (χ4v) is 4.27. The number of nitrogens with one attached hydrogen (secondary N) is 1. The van der Waals surface area contributed by atoms with E-state index < -0.39 is 54.6 Å². The van der Waals surface area contributed by atoms with Crippen LogP contribution in [0.4, 0.5) is 5.69 Å². The molecule has 0 spiro atoms. The molecule has 2 aromatic heterocycles. The van der Waals surface area contributed by atoms with E-state index in [1.54, 1.807) is 18.2 Å². The Morgan fingerprint density at radius 3 is 2.57 bits per heavy atom. The fourth-order valence-electron chi connectivity index (χ4n) is 4.08. The zero-order chi connectivity index (χ0) is 27.0. The lowest BCUT2D eigenvalue weighted by molar-refractivity contribution is -0.191. The van der Waals surface area contributed by atoms with Crippen molar-refractivity contribution in [3.8, 4) is 12.3 Å². The molecule has 14 heteroatoms. The van der Waals surface area contributed by atoms with Gasteiger partial charge in [-0.1, -0.05) is 47.9 Å². The van der Waals surface area contributed by atoms with Gasteiger partial charge in [-0.3, -0.25) is 15.3 Å². The number of hydrogen-bond acceptors (Lipinski definition) is 10. The number of hydrogen-bond donors (Lipinski definition) is 6. The first kappa shape index (κ1) is 26.3. The average Bonchev–Trinajstić information content (AvgIpc) is 3.40. The molecule has 0 aliphatic carbocycles. The number of aliphatic carboxylic acids is 2. The van der Waals surface area contributed by atoms with E-state index in [2.05, 4.69) is 9.97 Å².